The Hall–Kier alpha value is -6.04. The van der Waals surface area contributed by atoms with Gasteiger partial charge in [0.15, 0.2) is 0 Å². The maximum atomic E-state index is 13.6. The van der Waals surface area contributed by atoms with Crippen LogP contribution in [0.25, 0.3) is 22.4 Å². The SMILES string of the molecule is CC.CCC.CNC(=O)N1CCN(c2ccc(C(=O)Nc3cc(OC(F)(F)F)c(-c4ccc(-c5cnc(C6CCCN6C(=O)CNC(=O)OC)[nH]5)cc4)cc3Cl)cn2)CC1. The van der Waals surface area contributed by atoms with E-state index in [1.807, 2.05) is 18.7 Å². The van der Waals surface area contributed by atoms with Crippen molar-refractivity contribution in [1.82, 2.24) is 35.4 Å². The number of urea groups is 1. The number of alkyl halides is 3. The quantitative estimate of drug-likeness (QED) is 0.131. The number of H-pyrrole nitrogens is 1. The van der Waals surface area contributed by atoms with Crippen LogP contribution < -0.4 is 25.6 Å². The second kappa shape index (κ2) is 21.8. The maximum Gasteiger partial charge on any atom is 0.573 e. The number of carbonyl (C=O) groups is 4. The minimum absolute atomic E-state index is 0.0281. The fraction of sp³-hybridized carbons (Fsp3) is 0.415. The molecule has 5 amide bonds. The first-order valence-electron chi connectivity index (χ1n) is 19.6. The van der Waals surface area contributed by atoms with Gasteiger partial charge in [0.1, 0.15) is 23.9 Å². The van der Waals surface area contributed by atoms with Gasteiger partial charge in [-0.1, -0.05) is 70.0 Å². The first-order chi connectivity index (χ1) is 28.7. The van der Waals surface area contributed by atoms with E-state index in [0.717, 1.165) is 12.5 Å². The summed E-state index contributed by atoms with van der Waals surface area (Å²) in [4.78, 5) is 66.6. The lowest BCUT2D eigenvalue weighted by molar-refractivity contribution is -0.274. The number of anilines is 2. The monoisotopic (exact) mass is 857 g/mol. The predicted molar refractivity (Wildman–Crippen MR) is 223 cm³/mol. The molecule has 324 valence electrons. The van der Waals surface area contributed by atoms with Crippen LogP contribution in [-0.2, 0) is 9.53 Å². The number of ether oxygens (including phenoxy) is 2. The Morgan fingerprint density at radius 3 is 2.20 bits per heavy atom. The van der Waals surface area contributed by atoms with Crippen molar-refractivity contribution in [3.8, 4) is 28.1 Å². The maximum absolute atomic E-state index is 13.6. The Morgan fingerprint density at radius 1 is 0.933 bits per heavy atom. The Kier molecular flexibility index (Phi) is 17.0. The van der Waals surface area contributed by atoms with Gasteiger partial charge in [-0.3, -0.25) is 9.59 Å². The zero-order valence-corrected chi connectivity index (χ0v) is 35.2. The molecule has 2 fully saturated rings. The highest BCUT2D eigenvalue weighted by molar-refractivity contribution is 6.34. The first-order valence-corrected chi connectivity index (χ1v) is 20.0. The molecular formula is C41H51ClF3N9O6. The van der Waals surface area contributed by atoms with E-state index in [4.69, 9.17) is 11.6 Å². The summed E-state index contributed by atoms with van der Waals surface area (Å²) in [5.41, 5.74) is 1.70. The van der Waals surface area contributed by atoms with Crippen molar-refractivity contribution in [2.24, 2.45) is 0 Å². The average molecular weight is 858 g/mol. The summed E-state index contributed by atoms with van der Waals surface area (Å²) >= 11 is 6.52. The van der Waals surface area contributed by atoms with Crippen molar-refractivity contribution in [3.63, 3.8) is 0 Å². The number of nitrogens with one attached hydrogen (secondary N) is 4. The zero-order chi connectivity index (χ0) is 44.0. The summed E-state index contributed by atoms with van der Waals surface area (Å²) in [6, 6.07) is 11.6. The van der Waals surface area contributed by atoms with Crippen LogP contribution in [-0.4, -0.2) is 108 Å². The summed E-state index contributed by atoms with van der Waals surface area (Å²) in [5.74, 6) is -0.358. The van der Waals surface area contributed by atoms with Gasteiger partial charge in [-0.2, -0.15) is 0 Å². The average Bonchev–Trinajstić information content (AvgIpc) is 3.95. The second-order valence-electron chi connectivity index (χ2n) is 13.3. The molecule has 4 heterocycles. The van der Waals surface area contributed by atoms with Crippen LogP contribution in [0.4, 0.5) is 34.3 Å². The van der Waals surface area contributed by atoms with Gasteiger partial charge in [0, 0.05) is 57.6 Å². The molecule has 19 heteroatoms. The molecule has 2 aromatic heterocycles. The largest absolute Gasteiger partial charge is 0.573 e. The van der Waals surface area contributed by atoms with Crippen LogP contribution in [0.2, 0.25) is 5.02 Å². The molecule has 1 unspecified atom stereocenters. The van der Waals surface area contributed by atoms with Crippen LogP contribution in [0, 0.1) is 0 Å². The number of rotatable bonds is 9. The second-order valence-corrected chi connectivity index (χ2v) is 13.7. The summed E-state index contributed by atoms with van der Waals surface area (Å²) in [5, 5.41) is 7.51. The van der Waals surface area contributed by atoms with Crippen molar-refractivity contribution in [2.45, 2.75) is 59.4 Å². The lowest BCUT2D eigenvalue weighted by Gasteiger charge is -2.35. The summed E-state index contributed by atoms with van der Waals surface area (Å²) < 4.78 is 49.8. The molecule has 4 N–H and O–H groups in total. The van der Waals surface area contributed by atoms with E-state index in [2.05, 4.69) is 54.2 Å². The van der Waals surface area contributed by atoms with Crippen LogP contribution in [0.15, 0.2) is 60.9 Å². The third-order valence-electron chi connectivity index (χ3n) is 9.22. The number of aromatic amines is 1. The molecule has 1 atom stereocenters. The number of nitrogens with zero attached hydrogens (tertiary/aromatic N) is 5. The number of halogens is 4. The number of piperazine rings is 1. The fourth-order valence-corrected chi connectivity index (χ4v) is 6.65. The number of likely N-dealkylation sites (tertiary alicyclic amines) is 1. The van der Waals surface area contributed by atoms with Crippen molar-refractivity contribution < 1.29 is 41.8 Å². The number of aromatic nitrogens is 3. The highest BCUT2D eigenvalue weighted by atomic mass is 35.5. The van der Waals surface area contributed by atoms with Crippen molar-refractivity contribution in [3.05, 3.63) is 77.3 Å². The lowest BCUT2D eigenvalue weighted by atomic mass is 10.0. The molecule has 0 aliphatic carbocycles. The topological polar surface area (TPSA) is 174 Å². The zero-order valence-electron chi connectivity index (χ0n) is 34.4. The number of imidazole rings is 1. The van der Waals surface area contributed by atoms with Crippen LogP contribution in [0.3, 0.4) is 0 Å². The van der Waals surface area contributed by atoms with Gasteiger partial charge in [0.25, 0.3) is 5.91 Å². The predicted octanol–water partition coefficient (Wildman–Crippen LogP) is 7.87. The number of hydrogen-bond donors (Lipinski definition) is 4. The van der Waals surface area contributed by atoms with Gasteiger partial charge in [0.05, 0.1) is 41.3 Å². The third kappa shape index (κ3) is 12.2. The molecule has 2 aliphatic heterocycles. The van der Waals surface area contributed by atoms with Gasteiger partial charge >= 0.3 is 18.5 Å². The molecule has 0 spiro atoms. The number of alkyl carbamates (subject to hydrolysis) is 1. The van der Waals surface area contributed by atoms with Crippen molar-refractivity contribution >= 4 is 47.0 Å². The summed E-state index contributed by atoms with van der Waals surface area (Å²) in [6.07, 6.45) is -0.144. The molecule has 2 saturated heterocycles. The molecular weight excluding hydrogens is 807 g/mol. The van der Waals surface area contributed by atoms with Crippen LogP contribution in [0.1, 0.15) is 69.2 Å². The van der Waals surface area contributed by atoms with E-state index in [0.29, 0.717) is 67.6 Å². The normalized spacial score (nSPS) is 14.8. The molecule has 0 saturated carbocycles. The molecule has 60 heavy (non-hydrogen) atoms. The highest BCUT2D eigenvalue weighted by Crippen LogP contribution is 2.41. The van der Waals surface area contributed by atoms with E-state index in [1.54, 1.807) is 53.4 Å². The number of hydrogen-bond acceptors (Lipinski definition) is 9. The van der Waals surface area contributed by atoms with E-state index >= 15 is 0 Å². The van der Waals surface area contributed by atoms with Crippen LogP contribution >= 0.6 is 11.6 Å². The van der Waals surface area contributed by atoms with Crippen molar-refractivity contribution in [2.75, 3.05) is 63.6 Å². The minimum atomic E-state index is -5.05. The molecule has 4 aromatic rings. The summed E-state index contributed by atoms with van der Waals surface area (Å²) in [6.45, 7) is 10.6. The first kappa shape index (κ1) is 46.6. The lowest BCUT2D eigenvalue weighted by Crippen LogP contribution is -2.51. The molecule has 0 bridgehead atoms. The van der Waals surface area contributed by atoms with Gasteiger partial charge in [-0.05, 0) is 42.2 Å². The van der Waals surface area contributed by atoms with Gasteiger partial charge in [-0.15, -0.1) is 13.2 Å². The standard InChI is InChI=1S/C36H37ClF3N9O6.C3H8.C2H6/c1-41-34(52)48-14-12-47(13-15-48)30-10-9-23(18-42-30)33(51)46-26-17-29(55-36(38,39)40)24(16-25(26)37)21-5-7-22(8-6-21)27-19-43-32(45-27)28-4-3-11-49(28)31(50)20-44-35(53)54-2;1-3-2;1-2/h5-10,16-19,28H,3-4,11-15,20H2,1-2H3,(H,41,52)(H,43,45)(H,44,53)(H,46,51);3H2,1-2H3;1-2H3. The Labute approximate surface area is 352 Å². The summed E-state index contributed by atoms with van der Waals surface area (Å²) in [7, 11) is 2.78. The number of methoxy groups -OCH3 is 1. The minimum Gasteiger partial charge on any atom is -0.453 e. The smallest absolute Gasteiger partial charge is 0.453 e. The molecule has 2 aromatic carbocycles. The van der Waals surface area contributed by atoms with Crippen LogP contribution in [0.5, 0.6) is 5.75 Å². The fourth-order valence-electron chi connectivity index (χ4n) is 6.44. The highest BCUT2D eigenvalue weighted by Gasteiger charge is 2.34. The van der Waals surface area contributed by atoms with Gasteiger partial charge in [-0.25, -0.2) is 19.6 Å². The molecule has 0 radical (unpaired) electrons. The number of carbonyl (C=O) groups excluding carboxylic acids is 4. The van der Waals surface area contributed by atoms with Crippen molar-refractivity contribution in [1.29, 1.82) is 0 Å². The van der Waals surface area contributed by atoms with E-state index < -0.39 is 24.1 Å². The number of pyridine rings is 1. The Bertz CT molecular complexity index is 2060. The van der Waals surface area contributed by atoms with Gasteiger partial charge < -0.3 is 45.1 Å². The molecule has 15 nitrogen and oxygen atoms in total. The van der Waals surface area contributed by atoms with E-state index in [1.165, 1.54) is 31.9 Å². The number of amides is 5. The number of benzene rings is 2. The van der Waals surface area contributed by atoms with E-state index in [-0.39, 0.29) is 46.4 Å². The molecule has 6 rings (SSSR count). The van der Waals surface area contributed by atoms with E-state index in [9.17, 15) is 32.3 Å². The van der Waals surface area contributed by atoms with Gasteiger partial charge in [0.2, 0.25) is 5.91 Å². The Morgan fingerprint density at radius 2 is 1.60 bits per heavy atom. The third-order valence-corrected chi connectivity index (χ3v) is 9.53. The molecule has 2 aliphatic rings. The Balaban J connectivity index is 0.00000152.